The number of benzene rings is 3. The highest BCUT2D eigenvalue weighted by Gasteiger charge is 2.37. The third-order valence-electron chi connectivity index (χ3n) is 12.3. The highest BCUT2D eigenvalue weighted by atomic mass is 127. The third kappa shape index (κ3) is 36.1. The highest BCUT2D eigenvalue weighted by Crippen LogP contribution is 2.19. The number of pyridine rings is 3. The molecule has 2 amide bonds. The smallest absolute Gasteiger partial charge is 0.443 e. The van der Waals surface area contributed by atoms with Crippen LogP contribution in [-0.2, 0) is 67.5 Å². The molecule has 3 heterocycles. The Labute approximate surface area is 639 Å². The van der Waals surface area contributed by atoms with Gasteiger partial charge >= 0.3 is 26.7 Å². The van der Waals surface area contributed by atoms with E-state index in [9.17, 15) is 57.5 Å². The molecule has 102 heavy (non-hydrogen) atoms. The number of halogens is 3. The predicted molar refractivity (Wildman–Crippen MR) is 415 cm³/mol. The summed E-state index contributed by atoms with van der Waals surface area (Å²) in [7, 11) is 4.59. The zero-order valence-electron chi connectivity index (χ0n) is 56.2. The SMILES string of the molecule is CC(=O)c1ccc(NN=C(C)C)nc1.CC(C)=NNc1ccc(C(=O)OC2C(=O)CCC2=O)cn1.COB(I)NC(=O)c1ccc(/C=N/Nc2ccc(C(C)=O)cn2)cc1.COB(I)NC(=O)c1ccc(C=O)cc1.COB(N)I.N=S.N=S.O=Cc1ccc(C(=O)OC2C(=O)CCC2=O)cc1. The monoisotopic (exact) mass is 1770 g/mol. The Kier molecular flexibility index (Phi) is 45.7. The molecule has 0 spiro atoms. The van der Waals surface area contributed by atoms with Crippen LogP contribution in [0.5, 0.6) is 0 Å². The van der Waals surface area contributed by atoms with Crippen molar-refractivity contribution in [3.8, 4) is 0 Å². The van der Waals surface area contributed by atoms with Crippen LogP contribution in [0.25, 0.3) is 0 Å². The maximum Gasteiger partial charge on any atom is 0.489 e. The van der Waals surface area contributed by atoms with E-state index < -0.39 is 24.1 Å². The summed E-state index contributed by atoms with van der Waals surface area (Å²) in [6, 6.07) is 28.9. The summed E-state index contributed by atoms with van der Waals surface area (Å²) in [6.45, 7) is 10.4. The number of nitrogens with zero attached hydrogens (tertiary/aromatic N) is 6. The summed E-state index contributed by atoms with van der Waals surface area (Å²) in [5, 5.41) is 17.3. The van der Waals surface area contributed by atoms with E-state index in [4.69, 9.17) is 34.0 Å². The number of ketones is 6. The zero-order chi connectivity index (χ0) is 76.9. The number of nitrogens with two attached hydrogens (primary N) is 1. The number of aldehydes is 2. The molecule has 0 unspecified atom stereocenters. The molecule has 2 aliphatic rings. The van der Waals surface area contributed by atoms with Crippen LogP contribution >= 0.6 is 67.1 Å². The van der Waals surface area contributed by atoms with E-state index >= 15 is 0 Å². The van der Waals surface area contributed by atoms with Crippen molar-refractivity contribution in [3.63, 3.8) is 0 Å². The largest absolute Gasteiger partial charge is 0.489 e. The van der Waals surface area contributed by atoms with Gasteiger partial charge in [-0.1, -0.05) is 104 Å². The first-order valence-corrected chi connectivity index (χ1v) is 33.9. The summed E-state index contributed by atoms with van der Waals surface area (Å²) < 4.78 is 34.9. The van der Waals surface area contributed by atoms with Gasteiger partial charge in [0.1, 0.15) is 30.0 Å². The lowest BCUT2D eigenvalue weighted by atomic mass is 10.1. The van der Waals surface area contributed by atoms with Gasteiger partial charge < -0.3 is 39.5 Å². The molecule has 0 saturated heterocycles. The molecule has 0 radical (unpaired) electrons. The van der Waals surface area contributed by atoms with E-state index in [0.717, 1.165) is 23.3 Å². The van der Waals surface area contributed by atoms with Gasteiger partial charge in [0.2, 0.25) is 24.0 Å². The topological polar surface area (TPSA) is 461 Å². The zero-order valence-corrected chi connectivity index (χ0v) is 64.3. The molecule has 6 aromatic rings. The summed E-state index contributed by atoms with van der Waals surface area (Å²) in [5.41, 5.74) is 19.4. The van der Waals surface area contributed by atoms with Gasteiger partial charge in [0.25, 0.3) is 0 Å². The molecule has 0 bridgehead atoms. The molecule has 39 heteroatoms. The second-order valence-corrected chi connectivity index (χ2v) is 23.8. The van der Waals surface area contributed by atoms with Gasteiger partial charge in [0.15, 0.2) is 34.7 Å². The normalized spacial score (nSPS) is 11.6. The van der Waals surface area contributed by atoms with E-state index in [2.05, 4.69) is 86.5 Å². The fourth-order valence-electron chi connectivity index (χ4n) is 7.04. The Morgan fingerprint density at radius 2 is 0.765 bits per heavy atom. The number of ether oxygens (including phenoxy) is 2. The summed E-state index contributed by atoms with van der Waals surface area (Å²) in [4.78, 5) is 147. The van der Waals surface area contributed by atoms with Gasteiger partial charge in [-0.2, -0.15) is 15.3 Å². The predicted octanol–water partition coefficient (Wildman–Crippen LogP) is 8.82. The van der Waals surface area contributed by atoms with Crippen molar-refractivity contribution in [2.24, 2.45) is 20.9 Å². The van der Waals surface area contributed by atoms with Gasteiger partial charge in [-0.15, -0.1) is 0 Å². The number of Topliss-reactive ketones (excluding diaryl/α,β-unsaturated/α-hetero) is 6. The van der Waals surface area contributed by atoms with Crippen LogP contribution < -0.4 is 32.4 Å². The number of amides is 2. The number of carbonyl (C=O) groups excluding carboxylic acids is 12. The number of hydrogen-bond donors (Lipinski definition) is 8. The van der Waals surface area contributed by atoms with Crippen molar-refractivity contribution in [1.29, 1.82) is 9.56 Å². The van der Waals surface area contributed by atoms with Gasteiger partial charge in [-0.05, 0) is 120 Å². The Bertz CT molecular complexity index is 3820. The van der Waals surface area contributed by atoms with E-state index in [1.807, 2.05) is 94.8 Å². The second kappa shape index (κ2) is 51.2. The molecule has 0 atom stereocenters. The average Bonchev–Trinajstić information content (AvgIpc) is 1.68. The van der Waals surface area contributed by atoms with Crippen LogP contribution in [0.15, 0.2) is 143 Å². The third-order valence-corrected chi connectivity index (χ3v) is 14.4. The first-order valence-electron chi connectivity index (χ1n) is 29.4. The quantitative estimate of drug-likeness (QED) is 0.00459. The van der Waals surface area contributed by atoms with Crippen molar-refractivity contribution in [1.82, 2.24) is 25.4 Å². The van der Waals surface area contributed by atoms with Crippen molar-refractivity contribution in [2.75, 3.05) is 37.6 Å². The first kappa shape index (κ1) is 91.0. The molecule has 0 aliphatic heterocycles. The summed E-state index contributed by atoms with van der Waals surface area (Å²) in [5.74, 6) is -1.73. The van der Waals surface area contributed by atoms with Crippen LogP contribution in [0.3, 0.4) is 0 Å². The summed E-state index contributed by atoms with van der Waals surface area (Å²) >= 11 is 12.6. The van der Waals surface area contributed by atoms with E-state index in [0.29, 0.717) is 57.1 Å². The summed E-state index contributed by atoms with van der Waals surface area (Å²) in [6.07, 6.45) is 5.32. The number of anilines is 3. The van der Waals surface area contributed by atoms with Crippen LogP contribution in [0.2, 0.25) is 0 Å². The number of carbonyl (C=O) groups is 12. The number of rotatable bonds is 22. The van der Waals surface area contributed by atoms with Crippen molar-refractivity contribution in [2.45, 2.75) is 79.4 Å². The van der Waals surface area contributed by atoms with Crippen molar-refractivity contribution in [3.05, 3.63) is 178 Å². The second-order valence-electron chi connectivity index (χ2n) is 20.3. The van der Waals surface area contributed by atoms with Gasteiger partial charge in [-0.25, -0.2) is 34.1 Å². The van der Waals surface area contributed by atoms with Crippen LogP contribution in [-0.4, -0.2) is 152 Å². The Morgan fingerprint density at radius 3 is 1.05 bits per heavy atom. The Hall–Kier alpha value is -8.98. The average molecular weight is 1770 g/mol. The van der Waals surface area contributed by atoms with E-state index in [1.165, 1.54) is 77.0 Å². The maximum atomic E-state index is 11.9. The molecule has 536 valence electrons. The number of nitrogens with one attached hydrogen (secondary N) is 7. The molecule has 2 fully saturated rings. The number of hydrogen-bond acceptors (Lipinski definition) is 31. The molecule has 31 nitrogen and oxygen atoms in total. The number of aromatic nitrogens is 3. The lowest BCUT2D eigenvalue weighted by Gasteiger charge is -2.09. The minimum Gasteiger partial charge on any atom is -0.443 e. The lowest BCUT2D eigenvalue weighted by molar-refractivity contribution is -0.134. The maximum absolute atomic E-state index is 11.9. The minimum atomic E-state index is -1.26. The van der Waals surface area contributed by atoms with Gasteiger partial charge in [0.05, 0.1) is 17.3 Å². The van der Waals surface area contributed by atoms with Crippen LogP contribution in [0.4, 0.5) is 17.5 Å². The molecule has 3 aromatic heterocycles. The van der Waals surface area contributed by atoms with Crippen molar-refractivity contribution < 1.29 is 81.0 Å². The fourth-order valence-corrected chi connectivity index (χ4v) is 7.61. The number of hydrazone groups is 3. The highest BCUT2D eigenvalue weighted by molar-refractivity contribution is 14.1. The molecule has 8 rings (SSSR count). The molecule has 3 aromatic carbocycles. The van der Waals surface area contributed by atoms with Gasteiger partial charge in [-0.3, -0.25) is 64.2 Å². The first-order chi connectivity index (χ1) is 48.6. The Balaban J connectivity index is 0.000000626. The van der Waals surface area contributed by atoms with Crippen LogP contribution in [0, 0.1) is 9.56 Å². The molecular weight excluding hydrogens is 1700 g/mol. The standard InChI is InChI=1S/C16H16BIN4O3.C14H15N3O4.C13H10O5.C10H13N3O.C9H9BINO3.CH5BINO.2HNS/c1-11(23)14-7-8-15(19-10-14)22-20-9-12-3-5-13(6-4-12)16(24)21-17(18)25-2;1-8(2)16-17-12-6-3-9(7-15-12)14(20)21-13-10(18)4-5-11(13)19;14-7-8-1-3-9(4-2-8)13(17)18-12-10(15)5-6-11(12)16;1-7(2)12-13-10-5-4-9(6-11-10)8(3)14;1-15-10(11)12-9(14)8-4-2-7(6-13)3-5-8;1-5-2(3)4;2*1-2/h3-10H,1-2H3,(H,19,22)(H,21,24);3,6-7,13H,4-5H2,1-2H3,(H,15,17);1-4,7,12H,5-6H2;4-6H,1-3H3,(H,11,13);2-6H,1H3,(H,12,14);4H2,1H3;2*1H/b20-9+;;;;;;;. The molecule has 9 N–H and O–H groups in total. The van der Waals surface area contributed by atoms with Crippen LogP contribution in [0.1, 0.15) is 156 Å². The number of esters is 2. The van der Waals surface area contributed by atoms with E-state index in [1.54, 1.807) is 92.2 Å². The molecular formula is C63H70B3I3N14O17S2. The van der Waals surface area contributed by atoms with E-state index in [-0.39, 0.29) is 98.0 Å². The van der Waals surface area contributed by atoms with Gasteiger partial charge in [0, 0.05) is 135 Å². The van der Waals surface area contributed by atoms with Crippen molar-refractivity contribution >= 4 is 213 Å². The Morgan fingerprint density at radius 1 is 0.471 bits per heavy atom. The molecule has 2 aliphatic carbocycles. The fraction of sp³-hybridized carbons (Fsp3) is 0.238. The minimum absolute atomic E-state index is 0.0132. The molecule has 2 saturated carbocycles. The lowest BCUT2D eigenvalue weighted by Crippen LogP contribution is -2.35.